The quantitative estimate of drug-likeness (QED) is 0.852. The van der Waals surface area contributed by atoms with Crippen LogP contribution in [-0.4, -0.2) is 42.1 Å². The molecule has 0 aliphatic carbocycles. The van der Waals surface area contributed by atoms with E-state index in [-0.39, 0.29) is 11.7 Å². The molecule has 2 aromatic rings. The summed E-state index contributed by atoms with van der Waals surface area (Å²) in [6.45, 7) is 2.75. The molecular weight excluding hydrogens is 308 g/mol. The zero-order chi connectivity index (χ0) is 16.7. The number of likely N-dealkylation sites (tertiary alicyclic amines) is 1. The van der Waals surface area contributed by atoms with Crippen LogP contribution in [0.15, 0.2) is 27.4 Å². The highest BCUT2D eigenvalue weighted by Crippen LogP contribution is 2.32. The average Bonchev–Trinajstić information content (AvgIpc) is 3.08. The minimum atomic E-state index is -0.474. The van der Waals surface area contributed by atoms with E-state index in [2.05, 4.69) is 4.90 Å². The van der Waals surface area contributed by atoms with E-state index in [1.807, 2.05) is 0 Å². The number of phenols is 1. The molecule has 2 aliphatic rings. The Hall–Kier alpha value is -2.34. The fraction of sp³-hybridized carbons (Fsp3) is 0.444. The van der Waals surface area contributed by atoms with Gasteiger partial charge in [-0.2, -0.15) is 0 Å². The van der Waals surface area contributed by atoms with Crippen LogP contribution < -0.4 is 10.5 Å². The molecule has 126 valence electrons. The molecule has 4 rings (SSSR count). The predicted octanol–water partition coefficient (Wildman–Crippen LogP) is 1.87. The molecule has 1 fully saturated rings. The molecule has 6 heteroatoms. The number of anilines is 1. The smallest absolute Gasteiger partial charge is 0.360 e. The summed E-state index contributed by atoms with van der Waals surface area (Å²) in [5, 5.41) is 10.5. The normalized spacial score (nSPS) is 18.1. The number of amides is 1. The molecule has 2 aliphatic heterocycles. The molecule has 1 saturated heterocycles. The summed E-state index contributed by atoms with van der Waals surface area (Å²) in [5.41, 5.74) is 1.13. The fourth-order valence-electron chi connectivity index (χ4n) is 3.76. The van der Waals surface area contributed by atoms with Gasteiger partial charge in [-0.05, 0) is 62.5 Å². The molecule has 1 N–H and O–H groups in total. The maximum absolute atomic E-state index is 12.7. The number of aryl methyl sites for hydroxylation is 1. The first-order valence-electron chi connectivity index (χ1n) is 8.45. The molecule has 1 aromatic heterocycles. The minimum absolute atomic E-state index is 0.0512. The molecule has 3 heterocycles. The van der Waals surface area contributed by atoms with Gasteiger partial charge in [0.05, 0.1) is 6.54 Å². The number of benzene rings is 1. The third-order valence-electron chi connectivity index (χ3n) is 4.91. The van der Waals surface area contributed by atoms with Crippen LogP contribution in [0, 0.1) is 0 Å². The van der Waals surface area contributed by atoms with Gasteiger partial charge < -0.3 is 14.4 Å². The Labute approximate surface area is 139 Å². The van der Waals surface area contributed by atoms with E-state index in [9.17, 15) is 14.7 Å². The summed E-state index contributed by atoms with van der Waals surface area (Å²) in [7, 11) is 0. The molecule has 6 nitrogen and oxygen atoms in total. The van der Waals surface area contributed by atoms with E-state index in [0.29, 0.717) is 36.2 Å². The van der Waals surface area contributed by atoms with Crippen molar-refractivity contribution in [3.05, 3.63) is 34.2 Å². The van der Waals surface area contributed by atoms with Crippen molar-refractivity contribution in [3.63, 3.8) is 0 Å². The second kappa shape index (κ2) is 5.94. The van der Waals surface area contributed by atoms with Crippen molar-refractivity contribution in [1.82, 2.24) is 4.90 Å². The van der Waals surface area contributed by atoms with Gasteiger partial charge in [-0.15, -0.1) is 0 Å². The van der Waals surface area contributed by atoms with Gasteiger partial charge in [-0.1, -0.05) is 0 Å². The number of phenolic OH excluding ortho intramolecular Hbond substituents is 1. The minimum Gasteiger partial charge on any atom is -0.508 e. The lowest BCUT2D eigenvalue weighted by molar-refractivity contribution is -0.119. The third-order valence-corrected chi connectivity index (χ3v) is 4.91. The summed E-state index contributed by atoms with van der Waals surface area (Å²) in [6.07, 6.45) is 3.74. The van der Waals surface area contributed by atoms with Crippen molar-refractivity contribution in [3.8, 4) is 5.75 Å². The lowest BCUT2D eigenvalue weighted by atomic mass is 9.98. The number of aromatic hydroxyl groups is 1. The highest BCUT2D eigenvalue weighted by Gasteiger charge is 2.29. The van der Waals surface area contributed by atoms with Crippen LogP contribution in [0.4, 0.5) is 5.69 Å². The Morgan fingerprint density at radius 2 is 1.96 bits per heavy atom. The van der Waals surface area contributed by atoms with E-state index < -0.39 is 5.63 Å². The largest absolute Gasteiger partial charge is 0.508 e. The van der Waals surface area contributed by atoms with Crippen LogP contribution >= 0.6 is 0 Å². The monoisotopic (exact) mass is 328 g/mol. The van der Waals surface area contributed by atoms with Crippen LogP contribution in [-0.2, 0) is 11.2 Å². The van der Waals surface area contributed by atoms with Crippen LogP contribution in [0.5, 0.6) is 5.75 Å². The Bertz CT molecular complexity index is 852. The Balaban J connectivity index is 1.76. The molecule has 0 bridgehead atoms. The van der Waals surface area contributed by atoms with Gasteiger partial charge in [0.25, 0.3) is 0 Å². The van der Waals surface area contributed by atoms with Crippen molar-refractivity contribution in [1.29, 1.82) is 0 Å². The number of nitrogens with zero attached hydrogens (tertiary/aromatic N) is 2. The van der Waals surface area contributed by atoms with Gasteiger partial charge in [0.2, 0.25) is 5.91 Å². The van der Waals surface area contributed by atoms with E-state index in [1.165, 1.54) is 6.07 Å². The first-order valence-corrected chi connectivity index (χ1v) is 8.45. The summed E-state index contributed by atoms with van der Waals surface area (Å²) < 4.78 is 5.39. The molecule has 1 aromatic carbocycles. The number of carbonyl (C=O) groups is 1. The van der Waals surface area contributed by atoms with Crippen LogP contribution in [0.1, 0.15) is 24.8 Å². The average molecular weight is 328 g/mol. The fourth-order valence-corrected chi connectivity index (χ4v) is 3.76. The molecule has 24 heavy (non-hydrogen) atoms. The molecular formula is C18H20N2O4. The van der Waals surface area contributed by atoms with E-state index in [4.69, 9.17) is 4.42 Å². The standard InChI is InChI=1S/C18H20N2O4/c21-12-5-6-15-14(10-12)13-4-3-9-20(17(13)18(23)24-15)16(22)11-19-7-1-2-8-19/h5-6,10,21H,1-4,7-9,11H2. The number of carbonyl (C=O) groups excluding carboxylic acids is 1. The van der Waals surface area contributed by atoms with Gasteiger partial charge in [0.1, 0.15) is 17.0 Å². The molecule has 0 unspecified atom stereocenters. The topological polar surface area (TPSA) is 74.0 Å². The first kappa shape index (κ1) is 15.2. The van der Waals surface area contributed by atoms with Gasteiger partial charge in [0.15, 0.2) is 0 Å². The Morgan fingerprint density at radius 3 is 2.75 bits per heavy atom. The number of fused-ring (bicyclic) bond motifs is 3. The highest BCUT2D eigenvalue weighted by molar-refractivity contribution is 5.98. The molecule has 0 atom stereocenters. The maximum atomic E-state index is 12.7. The SMILES string of the molecule is O=C(CN1CCCC1)N1CCCc2c1c(=O)oc1ccc(O)cc21. The van der Waals surface area contributed by atoms with Crippen molar-refractivity contribution < 1.29 is 14.3 Å². The number of hydrogen-bond acceptors (Lipinski definition) is 5. The zero-order valence-corrected chi connectivity index (χ0v) is 13.5. The summed E-state index contributed by atoms with van der Waals surface area (Å²) in [4.78, 5) is 28.9. The Kier molecular flexibility index (Phi) is 3.76. The summed E-state index contributed by atoms with van der Waals surface area (Å²) in [5.74, 6) is 0.0729. The lowest BCUT2D eigenvalue weighted by Crippen LogP contribution is -2.44. The van der Waals surface area contributed by atoms with Crippen LogP contribution in [0.25, 0.3) is 11.0 Å². The molecule has 0 spiro atoms. The molecule has 1 amide bonds. The van der Waals surface area contributed by atoms with Crippen molar-refractivity contribution in [2.45, 2.75) is 25.7 Å². The summed E-state index contributed by atoms with van der Waals surface area (Å²) >= 11 is 0. The molecule has 0 radical (unpaired) electrons. The van der Waals surface area contributed by atoms with Crippen molar-refractivity contribution in [2.24, 2.45) is 0 Å². The summed E-state index contributed by atoms with van der Waals surface area (Å²) in [6, 6.07) is 4.69. The second-order valence-electron chi connectivity index (χ2n) is 6.53. The van der Waals surface area contributed by atoms with Gasteiger partial charge in [-0.3, -0.25) is 9.69 Å². The van der Waals surface area contributed by atoms with Gasteiger partial charge in [-0.25, -0.2) is 4.79 Å². The first-order chi connectivity index (χ1) is 11.6. The Morgan fingerprint density at radius 1 is 1.17 bits per heavy atom. The van der Waals surface area contributed by atoms with E-state index >= 15 is 0 Å². The van der Waals surface area contributed by atoms with Crippen molar-refractivity contribution in [2.75, 3.05) is 31.1 Å². The third kappa shape index (κ3) is 2.57. The van der Waals surface area contributed by atoms with Crippen molar-refractivity contribution >= 4 is 22.6 Å². The van der Waals surface area contributed by atoms with Crippen LogP contribution in [0.3, 0.4) is 0 Å². The van der Waals surface area contributed by atoms with Gasteiger partial charge in [0, 0.05) is 11.9 Å². The maximum Gasteiger partial charge on any atom is 0.360 e. The lowest BCUT2D eigenvalue weighted by Gasteiger charge is -2.30. The predicted molar refractivity (Wildman–Crippen MR) is 90.5 cm³/mol. The number of rotatable bonds is 2. The molecule has 0 saturated carbocycles. The second-order valence-corrected chi connectivity index (χ2v) is 6.53. The van der Waals surface area contributed by atoms with E-state index in [1.54, 1.807) is 17.0 Å². The highest BCUT2D eigenvalue weighted by atomic mass is 16.4. The number of hydrogen-bond donors (Lipinski definition) is 1. The van der Waals surface area contributed by atoms with Crippen LogP contribution in [0.2, 0.25) is 0 Å². The van der Waals surface area contributed by atoms with Gasteiger partial charge >= 0.3 is 5.63 Å². The zero-order valence-electron chi connectivity index (χ0n) is 13.5. The van der Waals surface area contributed by atoms with E-state index in [0.717, 1.165) is 37.9 Å².